The van der Waals surface area contributed by atoms with Gasteiger partial charge in [0.15, 0.2) is 11.5 Å². The summed E-state index contributed by atoms with van der Waals surface area (Å²) >= 11 is 5.83. The molecule has 1 amide bonds. The first-order valence-electron chi connectivity index (χ1n) is 9.55. The number of nitrogens with one attached hydrogen (secondary N) is 1. The van der Waals surface area contributed by atoms with Gasteiger partial charge < -0.3 is 14.8 Å². The van der Waals surface area contributed by atoms with Gasteiger partial charge >= 0.3 is 0 Å². The van der Waals surface area contributed by atoms with E-state index in [4.69, 9.17) is 21.1 Å². The summed E-state index contributed by atoms with van der Waals surface area (Å²) in [6.07, 6.45) is 0.772. The molecule has 9 heteroatoms. The van der Waals surface area contributed by atoms with Gasteiger partial charge in [-0.25, -0.2) is 8.42 Å². The highest BCUT2D eigenvalue weighted by molar-refractivity contribution is 7.89. The molecule has 0 aromatic heterocycles. The zero-order chi connectivity index (χ0) is 21.7. The molecular weight excluding hydrogens is 428 g/mol. The molecule has 3 rings (SSSR count). The van der Waals surface area contributed by atoms with Gasteiger partial charge in [-0.05, 0) is 47.4 Å². The number of amides is 1. The van der Waals surface area contributed by atoms with Crippen LogP contribution in [0.3, 0.4) is 0 Å². The van der Waals surface area contributed by atoms with Crippen molar-refractivity contribution < 1.29 is 22.7 Å². The van der Waals surface area contributed by atoms with Crippen LogP contribution in [0.2, 0.25) is 5.02 Å². The first kappa shape index (κ1) is 22.4. The van der Waals surface area contributed by atoms with Gasteiger partial charge in [-0.3, -0.25) is 4.79 Å². The summed E-state index contributed by atoms with van der Waals surface area (Å²) in [4.78, 5) is 12.1. The fourth-order valence-corrected chi connectivity index (χ4v) is 4.84. The van der Waals surface area contributed by atoms with Crippen LogP contribution in [0.1, 0.15) is 16.7 Å². The lowest BCUT2D eigenvalue weighted by Gasteiger charge is -2.29. The van der Waals surface area contributed by atoms with Crippen molar-refractivity contribution in [3.63, 3.8) is 0 Å². The van der Waals surface area contributed by atoms with Gasteiger partial charge in [-0.1, -0.05) is 23.7 Å². The van der Waals surface area contributed by atoms with Crippen molar-refractivity contribution in [3.05, 3.63) is 58.1 Å². The van der Waals surface area contributed by atoms with Crippen molar-refractivity contribution in [2.75, 3.05) is 33.1 Å². The maximum Gasteiger partial charge on any atom is 0.224 e. The Labute approximate surface area is 182 Å². The maximum atomic E-state index is 12.8. The number of methoxy groups -OCH3 is 2. The third-order valence-corrected chi connectivity index (χ3v) is 7.11. The summed E-state index contributed by atoms with van der Waals surface area (Å²) in [6.45, 7) is 0.727. The van der Waals surface area contributed by atoms with Gasteiger partial charge in [0.25, 0.3) is 0 Å². The van der Waals surface area contributed by atoms with Crippen LogP contribution in [0.5, 0.6) is 11.5 Å². The molecule has 0 saturated heterocycles. The van der Waals surface area contributed by atoms with Crippen LogP contribution < -0.4 is 14.8 Å². The zero-order valence-electron chi connectivity index (χ0n) is 17.0. The predicted molar refractivity (Wildman–Crippen MR) is 116 cm³/mol. The van der Waals surface area contributed by atoms with Crippen LogP contribution in [0.25, 0.3) is 0 Å². The summed E-state index contributed by atoms with van der Waals surface area (Å²) in [7, 11) is -0.382. The molecule has 30 heavy (non-hydrogen) atoms. The molecule has 0 radical (unpaired) electrons. The monoisotopic (exact) mass is 452 g/mol. The molecule has 0 unspecified atom stereocenters. The number of halogens is 1. The number of nitrogens with zero attached hydrogens (tertiary/aromatic N) is 1. The van der Waals surface area contributed by atoms with Crippen molar-refractivity contribution in [1.29, 1.82) is 0 Å². The Kier molecular flexibility index (Phi) is 7.23. The normalized spacial score (nSPS) is 14.1. The highest BCUT2D eigenvalue weighted by Gasteiger charge is 2.27. The lowest BCUT2D eigenvalue weighted by atomic mass is 10.0. The molecule has 0 aliphatic carbocycles. The SMILES string of the molecule is COc1cc2c(cc1OC)CN(S(=O)(=O)CCNC(=O)Cc1ccc(Cl)cc1)CC2. The fraction of sp³-hybridized carbons (Fsp3) is 0.381. The third-order valence-electron chi connectivity index (χ3n) is 5.04. The standard InChI is InChI=1S/C21H25ClN2O5S/c1-28-19-12-16-7-9-24(14-17(16)13-20(19)29-2)30(26,27)10-8-23-21(25)11-15-3-5-18(22)6-4-15/h3-6,12-13H,7-11,14H2,1-2H3,(H,23,25). The van der Waals surface area contributed by atoms with Crippen LogP contribution in [-0.4, -0.2) is 51.7 Å². The topological polar surface area (TPSA) is 84.9 Å². The van der Waals surface area contributed by atoms with E-state index in [1.165, 1.54) is 4.31 Å². The van der Waals surface area contributed by atoms with Gasteiger partial charge in [0, 0.05) is 24.7 Å². The minimum atomic E-state index is -3.51. The number of carbonyl (C=O) groups excluding carboxylic acids is 1. The molecule has 162 valence electrons. The molecule has 0 fully saturated rings. The predicted octanol–water partition coefficient (Wildman–Crippen LogP) is 2.40. The van der Waals surface area contributed by atoms with Crippen molar-refractivity contribution >= 4 is 27.5 Å². The lowest BCUT2D eigenvalue weighted by molar-refractivity contribution is -0.120. The van der Waals surface area contributed by atoms with E-state index in [-0.39, 0.29) is 31.2 Å². The van der Waals surface area contributed by atoms with Crippen molar-refractivity contribution in [2.45, 2.75) is 19.4 Å². The summed E-state index contributed by atoms with van der Waals surface area (Å²) in [5, 5.41) is 3.28. The van der Waals surface area contributed by atoms with Crippen LogP contribution in [-0.2, 0) is 34.2 Å². The van der Waals surface area contributed by atoms with Crippen LogP contribution in [0.15, 0.2) is 36.4 Å². The van der Waals surface area contributed by atoms with Gasteiger partial charge in [-0.15, -0.1) is 0 Å². The molecule has 0 atom stereocenters. The summed E-state index contributed by atoms with van der Waals surface area (Å²) in [5.74, 6) is 0.830. The quantitative estimate of drug-likeness (QED) is 0.664. The Morgan fingerprint density at radius 2 is 1.73 bits per heavy atom. The average molecular weight is 453 g/mol. The van der Waals surface area contributed by atoms with E-state index in [9.17, 15) is 13.2 Å². The van der Waals surface area contributed by atoms with Gasteiger partial charge in [0.05, 0.1) is 26.4 Å². The molecule has 0 saturated carbocycles. The van der Waals surface area contributed by atoms with Crippen LogP contribution in [0.4, 0.5) is 0 Å². The second-order valence-corrected chi connectivity index (χ2v) is 9.55. The molecule has 2 aromatic rings. The molecule has 1 heterocycles. The van der Waals surface area contributed by atoms with Crippen molar-refractivity contribution in [2.24, 2.45) is 0 Å². The molecule has 1 aliphatic rings. The molecule has 7 nitrogen and oxygen atoms in total. The highest BCUT2D eigenvalue weighted by atomic mass is 35.5. The maximum absolute atomic E-state index is 12.8. The second-order valence-electron chi connectivity index (χ2n) is 7.03. The largest absolute Gasteiger partial charge is 0.493 e. The lowest BCUT2D eigenvalue weighted by Crippen LogP contribution is -2.40. The number of hydrogen-bond donors (Lipinski definition) is 1. The second kappa shape index (κ2) is 9.68. The third kappa shape index (κ3) is 5.44. The molecular formula is C21H25ClN2O5S. The van der Waals surface area contributed by atoms with Gasteiger partial charge in [0.1, 0.15) is 0 Å². The van der Waals surface area contributed by atoms with E-state index in [0.717, 1.165) is 16.7 Å². The minimum absolute atomic E-state index is 0.0596. The highest BCUT2D eigenvalue weighted by Crippen LogP contribution is 2.33. The number of ether oxygens (including phenoxy) is 2. The van der Waals surface area contributed by atoms with E-state index in [0.29, 0.717) is 29.5 Å². The van der Waals surface area contributed by atoms with Gasteiger partial charge in [-0.2, -0.15) is 4.31 Å². The van der Waals surface area contributed by atoms with E-state index in [1.807, 2.05) is 12.1 Å². The van der Waals surface area contributed by atoms with Gasteiger partial charge in [0.2, 0.25) is 15.9 Å². The van der Waals surface area contributed by atoms with Crippen LogP contribution in [0, 0.1) is 0 Å². The van der Waals surface area contributed by atoms with E-state index < -0.39 is 10.0 Å². The first-order valence-corrected chi connectivity index (χ1v) is 11.5. The molecule has 1 N–H and O–H groups in total. The Morgan fingerprint density at radius 3 is 2.37 bits per heavy atom. The Balaban J connectivity index is 1.56. The number of benzene rings is 2. The Morgan fingerprint density at radius 1 is 1.10 bits per heavy atom. The number of sulfonamides is 1. The number of carbonyl (C=O) groups is 1. The number of fused-ring (bicyclic) bond motifs is 1. The molecule has 0 bridgehead atoms. The van der Waals surface area contributed by atoms with E-state index in [2.05, 4.69) is 5.32 Å². The van der Waals surface area contributed by atoms with Crippen molar-refractivity contribution in [3.8, 4) is 11.5 Å². The first-order chi connectivity index (χ1) is 14.3. The minimum Gasteiger partial charge on any atom is -0.493 e. The Bertz CT molecular complexity index is 1010. The van der Waals surface area contributed by atoms with E-state index in [1.54, 1.807) is 38.5 Å². The fourth-order valence-electron chi connectivity index (χ4n) is 3.39. The molecule has 2 aromatic carbocycles. The average Bonchev–Trinajstić information content (AvgIpc) is 2.73. The van der Waals surface area contributed by atoms with E-state index >= 15 is 0 Å². The molecule has 1 aliphatic heterocycles. The van der Waals surface area contributed by atoms with Crippen molar-refractivity contribution in [1.82, 2.24) is 9.62 Å². The summed E-state index contributed by atoms with van der Waals surface area (Å²) in [5.41, 5.74) is 2.77. The molecule has 0 spiro atoms. The summed E-state index contributed by atoms with van der Waals surface area (Å²) in [6, 6.07) is 10.7. The number of hydrogen-bond acceptors (Lipinski definition) is 5. The Hall–Kier alpha value is -2.29. The number of rotatable bonds is 8. The zero-order valence-corrected chi connectivity index (χ0v) is 18.6. The summed E-state index contributed by atoms with van der Waals surface area (Å²) < 4.78 is 37.6. The van der Waals surface area contributed by atoms with Crippen LogP contribution >= 0.6 is 11.6 Å². The smallest absolute Gasteiger partial charge is 0.224 e.